The molecule has 0 saturated heterocycles. The first-order valence-electron chi connectivity index (χ1n) is 5.90. The highest BCUT2D eigenvalue weighted by molar-refractivity contribution is 14.1. The Morgan fingerprint density at radius 1 is 1.05 bits per heavy atom. The van der Waals surface area contributed by atoms with Gasteiger partial charge in [0.25, 0.3) is 5.89 Å². The summed E-state index contributed by atoms with van der Waals surface area (Å²) in [5.74, 6) is 1.18. The SMILES string of the molecule is Cc1cccc(-c2noc(-c3ccccc3I)n2)c1. The lowest BCUT2D eigenvalue weighted by Crippen LogP contribution is -1.84. The summed E-state index contributed by atoms with van der Waals surface area (Å²) >= 11 is 2.27. The molecule has 0 radical (unpaired) electrons. The number of aryl methyl sites for hydroxylation is 1. The third-order valence-electron chi connectivity index (χ3n) is 2.81. The molecule has 0 fully saturated rings. The van der Waals surface area contributed by atoms with E-state index in [1.165, 1.54) is 5.56 Å². The molecular weight excluding hydrogens is 351 g/mol. The minimum absolute atomic E-state index is 0.557. The Bertz CT molecular complexity index is 721. The van der Waals surface area contributed by atoms with E-state index in [9.17, 15) is 0 Å². The van der Waals surface area contributed by atoms with Crippen LogP contribution in [-0.2, 0) is 0 Å². The second kappa shape index (κ2) is 5.13. The Labute approximate surface area is 124 Å². The van der Waals surface area contributed by atoms with E-state index < -0.39 is 0 Å². The molecule has 1 heterocycles. The first kappa shape index (κ1) is 12.3. The molecule has 19 heavy (non-hydrogen) atoms. The number of hydrogen-bond donors (Lipinski definition) is 0. The molecular formula is C15H11IN2O. The van der Waals surface area contributed by atoms with Gasteiger partial charge in [-0.15, -0.1) is 0 Å². The summed E-state index contributed by atoms with van der Waals surface area (Å²) in [4.78, 5) is 4.47. The second-order valence-corrected chi connectivity index (χ2v) is 5.43. The van der Waals surface area contributed by atoms with Crippen molar-refractivity contribution in [3.63, 3.8) is 0 Å². The number of benzene rings is 2. The first-order valence-corrected chi connectivity index (χ1v) is 6.97. The molecule has 94 valence electrons. The van der Waals surface area contributed by atoms with Crippen LogP contribution >= 0.6 is 22.6 Å². The van der Waals surface area contributed by atoms with Gasteiger partial charge in [-0.05, 0) is 47.7 Å². The zero-order valence-electron chi connectivity index (χ0n) is 10.3. The molecule has 0 unspecified atom stereocenters. The van der Waals surface area contributed by atoms with Crippen LogP contribution in [0.2, 0.25) is 0 Å². The molecule has 0 N–H and O–H groups in total. The lowest BCUT2D eigenvalue weighted by atomic mass is 10.1. The minimum atomic E-state index is 0.557. The fourth-order valence-electron chi connectivity index (χ4n) is 1.87. The van der Waals surface area contributed by atoms with Gasteiger partial charge in [0.2, 0.25) is 5.82 Å². The van der Waals surface area contributed by atoms with E-state index in [1.54, 1.807) is 0 Å². The molecule has 0 bridgehead atoms. The highest BCUT2D eigenvalue weighted by atomic mass is 127. The Morgan fingerprint density at radius 2 is 1.89 bits per heavy atom. The highest BCUT2D eigenvalue weighted by Gasteiger charge is 2.12. The minimum Gasteiger partial charge on any atom is -0.334 e. The molecule has 0 aliphatic heterocycles. The third kappa shape index (κ3) is 2.53. The summed E-state index contributed by atoms with van der Waals surface area (Å²) in [5, 5.41) is 4.06. The monoisotopic (exact) mass is 362 g/mol. The summed E-state index contributed by atoms with van der Waals surface area (Å²) < 4.78 is 6.46. The number of nitrogens with zero attached hydrogens (tertiary/aromatic N) is 2. The largest absolute Gasteiger partial charge is 0.334 e. The van der Waals surface area contributed by atoms with E-state index in [0.717, 1.165) is 14.7 Å². The molecule has 0 saturated carbocycles. The summed E-state index contributed by atoms with van der Waals surface area (Å²) in [7, 11) is 0. The maximum atomic E-state index is 5.36. The third-order valence-corrected chi connectivity index (χ3v) is 3.75. The van der Waals surface area contributed by atoms with Gasteiger partial charge in [0.15, 0.2) is 0 Å². The predicted octanol–water partition coefficient (Wildman–Crippen LogP) is 4.32. The number of rotatable bonds is 2. The Morgan fingerprint density at radius 3 is 2.68 bits per heavy atom. The lowest BCUT2D eigenvalue weighted by molar-refractivity contribution is 0.432. The second-order valence-electron chi connectivity index (χ2n) is 4.27. The van der Waals surface area contributed by atoms with Gasteiger partial charge in [-0.1, -0.05) is 41.1 Å². The van der Waals surface area contributed by atoms with Crippen molar-refractivity contribution >= 4 is 22.6 Å². The zero-order valence-corrected chi connectivity index (χ0v) is 12.5. The molecule has 2 aromatic carbocycles. The molecule has 0 aliphatic carbocycles. The van der Waals surface area contributed by atoms with Crippen molar-refractivity contribution in [2.75, 3.05) is 0 Å². The smallest absolute Gasteiger partial charge is 0.259 e. The van der Waals surface area contributed by atoms with Crippen LogP contribution in [0, 0.1) is 10.5 Å². The fraction of sp³-hybridized carbons (Fsp3) is 0.0667. The molecule has 3 aromatic rings. The standard InChI is InChI=1S/C15H11IN2O/c1-10-5-4-6-11(9-10)14-17-15(19-18-14)12-7-2-3-8-13(12)16/h2-9H,1H3. The maximum Gasteiger partial charge on any atom is 0.259 e. The van der Waals surface area contributed by atoms with Crippen molar-refractivity contribution in [3.8, 4) is 22.8 Å². The van der Waals surface area contributed by atoms with E-state index >= 15 is 0 Å². The van der Waals surface area contributed by atoms with Crippen molar-refractivity contribution in [2.45, 2.75) is 6.92 Å². The van der Waals surface area contributed by atoms with Gasteiger partial charge in [-0.3, -0.25) is 0 Å². The van der Waals surface area contributed by atoms with E-state index in [-0.39, 0.29) is 0 Å². The Balaban J connectivity index is 2.03. The summed E-state index contributed by atoms with van der Waals surface area (Å²) in [6.45, 7) is 2.05. The van der Waals surface area contributed by atoms with Gasteiger partial charge >= 0.3 is 0 Å². The molecule has 0 aliphatic rings. The lowest BCUT2D eigenvalue weighted by Gasteiger charge is -1.97. The quantitative estimate of drug-likeness (QED) is 0.638. The van der Waals surface area contributed by atoms with Crippen LogP contribution in [0.15, 0.2) is 53.1 Å². The number of hydrogen-bond acceptors (Lipinski definition) is 3. The molecule has 0 amide bonds. The van der Waals surface area contributed by atoms with Gasteiger partial charge in [-0.25, -0.2) is 0 Å². The van der Waals surface area contributed by atoms with Crippen LogP contribution in [0.25, 0.3) is 22.8 Å². The Hall–Kier alpha value is -1.69. The Kier molecular flexibility index (Phi) is 3.33. The fourth-order valence-corrected chi connectivity index (χ4v) is 2.49. The van der Waals surface area contributed by atoms with Gasteiger partial charge in [0.05, 0.1) is 5.56 Å². The van der Waals surface area contributed by atoms with Crippen molar-refractivity contribution in [1.82, 2.24) is 10.1 Å². The summed E-state index contributed by atoms with van der Waals surface area (Å²) in [6, 6.07) is 16.0. The van der Waals surface area contributed by atoms with Crippen LogP contribution in [-0.4, -0.2) is 10.1 Å². The van der Waals surface area contributed by atoms with Crippen LogP contribution < -0.4 is 0 Å². The van der Waals surface area contributed by atoms with E-state index in [2.05, 4.69) is 32.7 Å². The van der Waals surface area contributed by atoms with Gasteiger partial charge in [-0.2, -0.15) is 4.98 Å². The normalized spacial score (nSPS) is 10.6. The van der Waals surface area contributed by atoms with Crippen molar-refractivity contribution < 1.29 is 4.52 Å². The van der Waals surface area contributed by atoms with Crippen LogP contribution in [0.5, 0.6) is 0 Å². The predicted molar refractivity (Wildman–Crippen MR) is 82.6 cm³/mol. The van der Waals surface area contributed by atoms with E-state index in [4.69, 9.17) is 4.52 Å². The van der Waals surface area contributed by atoms with Gasteiger partial charge in [0.1, 0.15) is 0 Å². The van der Waals surface area contributed by atoms with Crippen molar-refractivity contribution in [3.05, 3.63) is 57.7 Å². The number of aromatic nitrogens is 2. The number of halogens is 1. The highest BCUT2D eigenvalue weighted by Crippen LogP contribution is 2.26. The van der Waals surface area contributed by atoms with Crippen LogP contribution in [0.3, 0.4) is 0 Å². The van der Waals surface area contributed by atoms with Gasteiger partial charge < -0.3 is 4.52 Å². The first-order chi connectivity index (χ1) is 9.24. The molecule has 3 rings (SSSR count). The molecule has 1 aromatic heterocycles. The van der Waals surface area contributed by atoms with Gasteiger partial charge in [0, 0.05) is 9.13 Å². The van der Waals surface area contributed by atoms with Crippen molar-refractivity contribution in [2.24, 2.45) is 0 Å². The maximum absolute atomic E-state index is 5.36. The molecule has 3 nitrogen and oxygen atoms in total. The molecule has 0 atom stereocenters. The average Bonchev–Trinajstić information content (AvgIpc) is 2.89. The van der Waals surface area contributed by atoms with Crippen LogP contribution in [0.1, 0.15) is 5.56 Å². The van der Waals surface area contributed by atoms with Crippen molar-refractivity contribution in [1.29, 1.82) is 0 Å². The summed E-state index contributed by atoms with van der Waals surface area (Å²) in [5.41, 5.74) is 3.12. The molecule has 0 spiro atoms. The summed E-state index contributed by atoms with van der Waals surface area (Å²) in [6.07, 6.45) is 0. The topological polar surface area (TPSA) is 38.9 Å². The average molecular weight is 362 g/mol. The van der Waals surface area contributed by atoms with E-state index in [0.29, 0.717) is 11.7 Å². The molecule has 4 heteroatoms. The van der Waals surface area contributed by atoms with Crippen LogP contribution in [0.4, 0.5) is 0 Å². The zero-order chi connectivity index (χ0) is 13.2. The van der Waals surface area contributed by atoms with E-state index in [1.807, 2.05) is 55.5 Å².